The molecule has 2 aliphatic carbocycles. The summed E-state index contributed by atoms with van der Waals surface area (Å²) in [5, 5.41) is 3.31. The van der Waals surface area contributed by atoms with Gasteiger partial charge < -0.3 is 10.2 Å². The summed E-state index contributed by atoms with van der Waals surface area (Å²) in [6.45, 7) is 1.73. The highest BCUT2D eigenvalue weighted by atomic mass is 16.1. The number of amides is 1. The van der Waals surface area contributed by atoms with Crippen LogP contribution in [0.5, 0.6) is 0 Å². The molecule has 170 valence electrons. The molecule has 0 radical (unpaired) electrons. The van der Waals surface area contributed by atoms with E-state index >= 15 is 0 Å². The monoisotopic (exact) mass is 414 g/mol. The highest BCUT2D eigenvalue weighted by Crippen LogP contribution is 2.35. The standard InChI is InChI=1S/C27H46N2O/c1-2-29-21-20-26(22-29)28-27(30)25-18-12-10-16-24(17-11-13-19-25)23-14-8-6-4-3-5-7-9-15-23/h1,23-26H,3-22H2,(H,28,30)/t24?,25?,26-/m1/s1. The zero-order valence-corrected chi connectivity index (χ0v) is 19.4. The first-order chi connectivity index (χ1) is 14.8. The maximum atomic E-state index is 12.9. The van der Waals surface area contributed by atoms with Crippen molar-refractivity contribution in [1.29, 1.82) is 0 Å². The second kappa shape index (κ2) is 13.3. The molecule has 3 fully saturated rings. The molecule has 0 aromatic rings. The number of carbonyl (C=O) groups is 1. The van der Waals surface area contributed by atoms with Crippen LogP contribution in [-0.2, 0) is 4.79 Å². The lowest BCUT2D eigenvalue weighted by Gasteiger charge is -2.30. The van der Waals surface area contributed by atoms with Gasteiger partial charge in [-0.15, -0.1) is 0 Å². The predicted octanol–water partition coefficient (Wildman–Crippen LogP) is 6.28. The van der Waals surface area contributed by atoms with Crippen LogP contribution in [0.25, 0.3) is 0 Å². The number of likely N-dealkylation sites (tertiary alicyclic amines) is 1. The molecule has 2 saturated carbocycles. The largest absolute Gasteiger partial charge is 0.351 e. The fraction of sp³-hybridized carbons (Fsp3) is 0.889. The van der Waals surface area contributed by atoms with Crippen molar-refractivity contribution >= 4 is 5.91 Å². The molecule has 1 aliphatic heterocycles. The summed E-state index contributed by atoms with van der Waals surface area (Å²) in [4.78, 5) is 14.9. The lowest BCUT2D eigenvalue weighted by atomic mass is 9.76. The van der Waals surface area contributed by atoms with Crippen LogP contribution in [0.1, 0.15) is 116 Å². The molecular formula is C27H46N2O. The Morgan fingerprint density at radius 3 is 1.67 bits per heavy atom. The van der Waals surface area contributed by atoms with Gasteiger partial charge in [-0.2, -0.15) is 0 Å². The Morgan fingerprint density at radius 2 is 1.17 bits per heavy atom. The molecule has 1 atom stereocenters. The van der Waals surface area contributed by atoms with Gasteiger partial charge in [0, 0.05) is 31.1 Å². The average molecular weight is 415 g/mol. The molecule has 0 bridgehead atoms. The van der Waals surface area contributed by atoms with Gasteiger partial charge in [0.15, 0.2) is 0 Å². The van der Waals surface area contributed by atoms with Crippen LogP contribution in [0.15, 0.2) is 0 Å². The second-order valence-corrected chi connectivity index (χ2v) is 10.4. The van der Waals surface area contributed by atoms with E-state index < -0.39 is 0 Å². The lowest BCUT2D eigenvalue weighted by molar-refractivity contribution is -0.126. The molecule has 0 aromatic heterocycles. The van der Waals surface area contributed by atoms with E-state index in [9.17, 15) is 4.79 Å². The van der Waals surface area contributed by atoms with Crippen molar-refractivity contribution in [2.45, 2.75) is 122 Å². The molecule has 3 rings (SSSR count). The van der Waals surface area contributed by atoms with Crippen LogP contribution in [0, 0.1) is 30.2 Å². The summed E-state index contributed by atoms with van der Waals surface area (Å²) in [7, 11) is 0. The van der Waals surface area contributed by atoms with Gasteiger partial charge in [0.05, 0.1) is 0 Å². The summed E-state index contributed by atoms with van der Waals surface area (Å²) < 4.78 is 0. The number of rotatable bonds is 3. The van der Waals surface area contributed by atoms with Gasteiger partial charge in [0.2, 0.25) is 5.91 Å². The Morgan fingerprint density at radius 1 is 0.700 bits per heavy atom. The summed E-state index contributed by atoms with van der Waals surface area (Å²) in [5.74, 6) is 2.43. The number of hydrogen-bond donors (Lipinski definition) is 1. The van der Waals surface area contributed by atoms with Crippen LogP contribution in [0.2, 0.25) is 0 Å². The molecule has 30 heavy (non-hydrogen) atoms. The Hall–Kier alpha value is -1.17. The smallest absolute Gasteiger partial charge is 0.223 e. The minimum atomic E-state index is 0.218. The Bertz CT molecular complexity index is 517. The van der Waals surface area contributed by atoms with Gasteiger partial charge in [-0.3, -0.25) is 4.79 Å². The van der Waals surface area contributed by atoms with Crippen molar-refractivity contribution in [2.24, 2.45) is 17.8 Å². The minimum Gasteiger partial charge on any atom is -0.351 e. The molecule has 3 nitrogen and oxygen atoms in total. The third-order valence-electron chi connectivity index (χ3n) is 8.16. The third-order valence-corrected chi connectivity index (χ3v) is 8.16. The van der Waals surface area contributed by atoms with Gasteiger partial charge in [-0.05, 0) is 31.1 Å². The zero-order chi connectivity index (χ0) is 21.0. The first kappa shape index (κ1) is 23.5. The van der Waals surface area contributed by atoms with E-state index in [0.29, 0.717) is 5.91 Å². The highest BCUT2D eigenvalue weighted by Gasteiger charge is 2.27. The Kier molecular flexibility index (Phi) is 10.4. The van der Waals surface area contributed by atoms with E-state index in [-0.39, 0.29) is 12.0 Å². The fourth-order valence-electron chi connectivity index (χ4n) is 6.24. The van der Waals surface area contributed by atoms with Gasteiger partial charge in [0.1, 0.15) is 0 Å². The molecule has 1 saturated heterocycles. The number of hydrogen-bond acceptors (Lipinski definition) is 2. The van der Waals surface area contributed by atoms with Crippen LogP contribution >= 0.6 is 0 Å². The maximum Gasteiger partial charge on any atom is 0.223 e. The third kappa shape index (κ3) is 7.82. The highest BCUT2D eigenvalue weighted by molar-refractivity contribution is 5.79. The molecule has 1 N–H and O–H groups in total. The van der Waals surface area contributed by atoms with Crippen molar-refractivity contribution in [1.82, 2.24) is 10.2 Å². The molecule has 0 aromatic carbocycles. The summed E-state index contributed by atoms with van der Waals surface area (Å²) in [6.07, 6.45) is 29.7. The van der Waals surface area contributed by atoms with E-state index in [2.05, 4.69) is 11.4 Å². The van der Waals surface area contributed by atoms with Gasteiger partial charge in [-0.25, -0.2) is 0 Å². The SMILES string of the molecule is C#CN1CC[C@@H](NC(=O)C2CCCCC(C3CCCCCCCCC3)CCCC2)C1. The van der Waals surface area contributed by atoms with Crippen molar-refractivity contribution in [3.63, 3.8) is 0 Å². The average Bonchev–Trinajstić information content (AvgIpc) is 3.22. The van der Waals surface area contributed by atoms with E-state index in [0.717, 1.165) is 44.2 Å². The molecule has 1 heterocycles. The summed E-state index contributed by atoms with van der Waals surface area (Å²) in [6, 6.07) is 2.96. The quantitative estimate of drug-likeness (QED) is 0.552. The first-order valence-electron chi connectivity index (χ1n) is 13.3. The van der Waals surface area contributed by atoms with Gasteiger partial charge in [-0.1, -0.05) is 103 Å². The van der Waals surface area contributed by atoms with Crippen LogP contribution < -0.4 is 5.32 Å². The molecule has 1 amide bonds. The van der Waals surface area contributed by atoms with Gasteiger partial charge in [0.25, 0.3) is 0 Å². The number of carbonyl (C=O) groups excluding carboxylic acids is 1. The first-order valence-corrected chi connectivity index (χ1v) is 13.3. The molecule has 3 heteroatoms. The van der Waals surface area contributed by atoms with Crippen molar-refractivity contribution < 1.29 is 4.79 Å². The molecule has 0 spiro atoms. The topological polar surface area (TPSA) is 32.3 Å². The fourth-order valence-corrected chi connectivity index (χ4v) is 6.24. The van der Waals surface area contributed by atoms with Crippen molar-refractivity contribution in [3.05, 3.63) is 0 Å². The lowest BCUT2D eigenvalue weighted by Crippen LogP contribution is -2.40. The number of terminal acetylenes is 1. The van der Waals surface area contributed by atoms with E-state index in [1.165, 1.54) is 96.3 Å². The normalized spacial score (nSPS) is 30.9. The van der Waals surface area contributed by atoms with E-state index in [1.54, 1.807) is 0 Å². The maximum absolute atomic E-state index is 12.9. The number of nitrogens with one attached hydrogen (secondary N) is 1. The summed E-state index contributed by atoms with van der Waals surface area (Å²) in [5.41, 5.74) is 0. The number of nitrogens with zero attached hydrogens (tertiary/aromatic N) is 1. The zero-order valence-electron chi connectivity index (χ0n) is 19.4. The van der Waals surface area contributed by atoms with Crippen molar-refractivity contribution in [3.8, 4) is 12.5 Å². The van der Waals surface area contributed by atoms with Gasteiger partial charge >= 0.3 is 0 Å². The van der Waals surface area contributed by atoms with Crippen LogP contribution in [0.3, 0.4) is 0 Å². The molecule has 3 aliphatic rings. The van der Waals surface area contributed by atoms with E-state index in [1.807, 2.05) is 4.90 Å². The minimum absolute atomic E-state index is 0.218. The predicted molar refractivity (Wildman–Crippen MR) is 126 cm³/mol. The summed E-state index contributed by atoms with van der Waals surface area (Å²) >= 11 is 0. The molecular weight excluding hydrogens is 368 g/mol. The van der Waals surface area contributed by atoms with E-state index in [4.69, 9.17) is 6.42 Å². The van der Waals surface area contributed by atoms with Crippen LogP contribution in [0.4, 0.5) is 0 Å². The Balaban J connectivity index is 1.43. The van der Waals surface area contributed by atoms with Crippen LogP contribution in [-0.4, -0.2) is 29.9 Å². The molecule has 0 unspecified atom stereocenters. The second-order valence-electron chi connectivity index (χ2n) is 10.4. The van der Waals surface area contributed by atoms with Crippen molar-refractivity contribution in [2.75, 3.05) is 13.1 Å². The Labute approximate surface area is 186 Å².